The predicted molar refractivity (Wildman–Crippen MR) is 148 cm³/mol. The number of hydroxylamine groups is 1. The maximum absolute atomic E-state index is 11.0. The summed E-state index contributed by atoms with van der Waals surface area (Å²) in [5.41, 5.74) is 3.00. The molecule has 0 aromatic carbocycles. The first-order valence-corrected chi connectivity index (χ1v) is 17.4. The summed E-state index contributed by atoms with van der Waals surface area (Å²) >= 11 is 1.29. The van der Waals surface area contributed by atoms with Gasteiger partial charge in [-0.2, -0.15) is 0 Å². The third-order valence-electron chi connectivity index (χ3n) is 6.87. The number of hydrogen-bond donors (Lipinski definition) is 2. The molecule has 1 rings (SSSR count). The molecule has 0 radical (unpaired) electrons. The lowest BCUT2D eigenvalue weighted by Crippen LogP contribution is -2.49. The summed E-state index contributed by atoms with van der Waals surface area (Å²) in [6.45, 7) is 5.22. The Bertz CT molecular complexity index is 474. The van der Waals surface area contributed by atoms with E-state index in [2.05, 4.69) is 12.4 Å². The highest BCUT2D eigenvalue weighted by Crippen LogP contribution is 2.21. The molecule has 0 spiro atoms. The average molecular weight is 518 g/mol. The summed E-state index contributed by atoms with van der Waals surface area (Å²) in [7, 11) is -3.13. The molecule has 1 fully saturated rings. The van der Waals surface area contributed by atoms with E-state index in [0.29, 0.717) is 24.3 Å². The summed E-state index contributed by atoms with van der Waals surface area (Å²) < 4.78 is 11.3. The molecule has 1 saturated heterocycles. The van der Waals surface area contributed by atoms with Crippen molar-refractivity contribution in [1.29, 1.82) is 0 Å². The number of thioether (sulfide) groups is 1. The Kier molecular flexibility index (Phi) is 21.0. The van der Waals surface area contributed by atoms with Crippen molar-refractivity contribution in [2.24, 2.45) is 5.92 Å². The molecule has 2 atom stereocenters. The summed E-state index contributed by atoms with van der Waals surface area (Å²) in [5, 5.41) is 0.114. The average Bonchev–Trinajstić information content (AvgIpc) is 2.80. The Hall–Kier alpha value is 0.0769. The Morgan fingerprint density at radius 2 is 1.41 bits per heavy atom. The van der Waals surface area contributed by atoms with Crippen LogP contribution in [0.2, 0.25) is 6.04 Å². The number of carbonyl (C=O) groups is 1. The van der Waals surface area contributed by atoms with Gasteiger partial charge in [0.1, 0.15) is 0 Å². The van der Waals surface area contributed by atoms with Gasteiger partial charge in [0.05, 0.1) is 0 Å². The van der Waals surface area contributed by atoms with E-state index < -0.39 is 8.80 Å². The lowest BCUT2D eigenvalue weighted by molar-refractivity contribution is -0.109. The van der Waals surface area contributed by atoms with Gasteiger partial charge in [-0.1, -0.05) is 121 Å². The van der Waals surface area contributed by atoms with Crippen molar-refractivity contribution in [3.63, 3.8) is 0 Å². The molecule has 0 aromatic rings. The van der Waals surface area contributed by atoms with Gasteiger partial charge in [-0.25, -0.2) is 5.48 Å². The Balaban J connectivity index is 1.89. The molecule has 2 unspecified atom stereocenters. The minimum absolute atomic E-state index is 0.114. The first kappa shape index (κ1) is 32.1. The molecule has 7 heteroatoms. The van der Waals surface area contributed by atoms with Gasteiger partial charge in [0, 0.05) is 31.9 Å². The van der Waals surface area contributed by atoms with E-state index in [-0.39, 0.29) is 5.12 Å². The fraction of sp³-hybridized carbons (Fsp3) is 0.963. The normalized spacial score (nSPS) is 21.3. The van der Waals surface area contributed by atoms with E-state index in [4.69, 9.17) is 8.95 Å². The van der Waals surface area contributed by atoms with E-state index in [0.717, 1.165) is 19.4 Å². The minimum atomic E-state index is -3.13. The summed E-state index contributed by atoms with van der Waals surface area (Å²) in [6.07, 6.45) is 25.3. The summed E-state index contributed by atoms with van der Waals surface area (Å²) in [5.74, 6) is 1.26. The fourth-order valence-electron chi connectivity index (χ4n) is 4.65. The fourth-order valence-corrected chi connectivity index (χ4v) is 7.16. The van der Waals surface area contributed by atoms with Crippen LogP contribution in [0.5, 0.6) is 0 Å². The molecule has 2 N–H and O–H groups in total. The second-order valence-electron chi connectivity index (χ2n) is 10.2. The lowest BCUT2D eigenvalue weighted by atomic mass is 9.97. The molecule has 34 heavy (non-hydrogen) atoms. The van der Waals surface area contributed by atoms with Crippen molar-refractivity contribution in [1.82, 2.24) is 5.48 Å². The van der Waals surface area contributed by atoms with E-state index >= 15 is 0 Å². The molecule has 1 heterocycles. The first-order chi connectivity index (χ1) is 16.6. The van der Waals surface area contributed by atoms with E-state index in [1.807, 2.05) is 0 Å². The quantitative estimate of drug-likeness (QED) is 0.120. The molecule has 0 amide bonds. The SMILES string of the molecule is CCCCCCCCCCCCCCCCCCC1CCO[Si](O)(CCCSC(C)=O)ONC1. The third-order valence-corrected chi connectivity index (χ3v) is 9.87. The van der Waals surface area contributed by atoms with Crippen LogP contribution in [-0.2, 0) is 13.7 Å². The second-order valence-corrected chi connectivity index (χ2v) is 13.9. The largest absolute Gasteiger partial charge is 0.515 e. The number of rotatable bonds is 21. The van der Waals surface area contributed by atoms with Gasteiger partial charge in [-0.05, 0) is 25.2 Å². The third kappa shape index (κ3) is 19.3. The molecule has 0 aromatic heterocycles. The van der Waals surface area contributed by atoms with Gasteiger partial charge < -0.3 is 9.22 Å². The molecule has 1 aliphatic heterocycles. The van der Waals surface area contributed by atoms with Crippen LogP contribution in [0.25, 0.3) is 0 Å². The van der Waals surface area contributed by atoms with Crippen LogP contribution in [-0.4, -0.2) is 37.6 Å². The zero-order valence-electron chi connectivity index (χ0n) is 22.4. The molecule has 1 aliphatic rings. The van der Waals surface area contributed by atoms with Crippen molar-refractivity contribution in [3.05, 3.63) is 0 Å². The highest BCUT2D eigenvalue weighted by Gasteiger charge is 2.38. The van der Waals surface area contributed by atoms with Crippen LogP contribution < -0.4 is 5.48 Å². The minimum Gasteiger partial charge on any atom is -0.389 e. The van der Waals surface area contributed by atoms with E-state index in [1.165, 1.54) is 121 Å². The van der Waals surface area contributed by atoms with Gasteiger partial charge >= 0.3 is 8.80 Å². The van der Waals surface area contributed by atoms with Crippen LogP contribution in [0, 0.1) is 5.92 Å². The second kappa shape index (κ2) is 22.3. The van der Waals surface area contributed by atoms with Gasteiger partial charge in [0.25, 0.3) is 0 Å². The monoisotopic (exact) mass is 517 g/mol. The highest BCUT2D eigenvalue weighted by molar-refractivity contribution is 8.13. The highest BCUT2D eigenvalue weighted by atomic mass is 32.2. The van der Waals surface area contributed by atoms with E-state index in [1.54, 1.807) is 6.92 Å². The number of hydrogen-bond acceptors (Lipinski definition) is 6. The van der Waals surface area contributed by atoms with Crippen molar-refractivity contribution < 1.29 is 18.5 Å². The van der Waals surface area contributed by atoms with Crippen molar-refractivity contribution in [2.45, 2.75) is 142 Å². The van der Waals surface area contributed by atoms with Gasteiger partial charge in [0.2, 0.25) is 0 Å². The summed E-state index contributed by atoms with van der Waals surface area (Å²) in [4.78, 5) is 21.6. The molecule has 0 bridgehead atoms. The Morgan fingerprint density at radius 3 is 1.94 bits per heavy atom. The topological polar surface area (TPSA) is 67.8 Å². The zero-order chi connectivity index (χ0) is 24.7. The predicted octanol–water partition coefficient (Wildman–Crippen LogP) is 7.80. The Labute approximate surface area is 216 Å². The number of nitrogens with one attached hydrogen (secondary N) is 1. The van der Waals surface area contributed by atoms with Crippen molar-refractivity contribution in [2.75, 3.05) is 18.9 Å². The Morgan fingerprint density at radius 1 is 0.882 bits per heavy atom. The van der Waals surface area contributed by atoms with Crippen LogP contribution >= 0.6 is 11.8 Å². The van der Waals surface area contributed by atoms with Crippen LogP contribution in [0.4, 0.5) is 0 Å². The maximum Gasteiger partial charge on any atom is 0.515 e. The first-order valence-electron chi connectivity index (χ1n) is 14.5. The maximum atomic E-state index is 11.0. The van der Waals surface area contributed by atoms with Crippen molar-refractivity contribution >= 4 is 25.7 Å². The smallest absolute Gasteiger partial charge is 0.389 e. The zero-order valence-corrected chi connectivity index (χ0v) is 24.2. The van der Waals surface area contributed by atoms with Crippen LogP contribution in [0.15, 0.2) is 0 Å². The van der Waals surface area contributed by atoms with Gasteiger partial charge in [0.15, 0.2) is 5.12 Å². The van der Waals surface area contributed by atoms with Crippen molar-refractivity contribution in [3.8, 4) is 0 Å². The molecule has 202 valence electrons. The summed E-state index contributed by atoms with van der Waals surface area (Å²) in [6, 6.07) is 0.504. The lowest BCUT2D eigenvalue weighted by Gasteiger charge is -2.29. The van der Waals surface area contributed by atoms with E-state index in [9.17, 15) is 9.59 Å². The number of unbranched alkanes of at least 4 members (excludes halogenated alkanes) is 15. The van der Waals surface area contributed by atoms with Gasteiger partial charge in [-0.3, -0.25) is 9.32 Å². The van der Waals surface area contributed by atoms with Crippen LogP contribution in [0.1, 0.15) is 136 Å². The molecule has 0 saturated carbocycles. The molecule has 5 nitrogen and oxygen atoms in total. The standard InChI is InChI=1S/C27H55NO4SSi/c1-3-4-5-6-7-8-9-10-11-12-13-14-15-16-17-18-20-27-21-22-31-34(30,32-28-25-27)24-19-23-33-26(2)29/h27-28,30H,3-25H2,1-2H3. The van der Waals surface area contributed by atoms with Gasteiger partial charge in [-0.15, -0.1) is 0 Å². The molecular formula is C27H55NO4SSi. The molecule has 0 aliphatic carbocycles. The molecular weight excluding hydrogens is 462 g/mol. The number of carbonyl (C=O) groups excluding carboxylic acids is 1. The van der Waals surface area contributed by atoms with Crippen LogP contribution in [0.3, 0.4) is 0 Å².